The van der Waals surface area contributed by atoms with Gasteiger partial charge in [-0.1, -0.05) is 61.3 Å². The van der Waals surface area contributed by atoms with Gasteiger partial charge in [0.1, 0.15) is 6.04 Å². The van der Waals surface area contributed by atoms with Crippen molar-refractivity contribution in [3.05, 3.63) is 64.1 Å². The van der Waals surface area contributed by atoms with E-state index < -0.39 is 11.9 Å². The molecule has 0 aromatic heterocycles. The molecule has 2 amide bonds. The molecule has 2 N–H and O–H groups in total. The molecule has 2 aromatic rings. The third-order valence-electron chi connectivity index (χ3n) is 3.49. The van der Waals surface area contributed by atoms with E-state index in [0.717, 1.165) is 0 Å². The molecule has 0 fully saturated rings. The number of amides is 2. The topological polar surface area (TPSA) is 58.2 Å². The number of halogens is 2. The van der Waals surface area contributed by atoms with Gasteiger partial charge in [0.05, 0.1) is 21.3 Å². The lowest BCUT2D eigenvalue weighted by molar-refractivity contribution is -0.118. The molecule has 0 aliphatic heterocycles. The zero-order valence-electron chi connectivity index (χ0n) is 13.3. The number of carbonyl (C=O) groups excluding carboxylic acids is 2. The zero-order chi connectivity index (χ0) is 17.7. The molecule has 0 saturated carbocycles. The molecule has 0 aliphatic rings. The van der Waals surface area contributed by atoms with Crippen LogP contribution >= 0.6 is 23.2 Å². The standard InChI is InChI=1S/C18H18Cl2N2O2/c1-11(2)16(18(24)21-15-10-6-5-9-14(15)20)22-17(23)12-7-3-4-8-13(12)19/h3-11,16H,1-2H3,(H,21,24)(H,22,23). The van der Waals surface area contributed by atoms with E-state index in [1.54, 1.807) is 48.5 Å². The third-order valence-corrected chi connectivity index (χ3v) is 4.15. The molecular weight excluding hydrogens is 347 g/mol. The van der Waals surface area contributed by atoms with E-state index >= 15 is 0 Å². The second kappa shape index (κ2) is 8.18. The first-order chi connectivity index (χ1) is 11.4. The Bertz CT molecular complexity index is 747. The number of para-hydroxylation sites is 1. The highest BCUT2D eigenvalue weighted by atomic mass is 35.5. The van der Waals surface area contributed by atoms with Gasteiger partial charge in [0.25, 0.3) is 5.91 Å². The van der Waals surface area contributed by atoms with Gasteiger partial charge < -0.3 is 10.6 Å². The molecule has 0 heterocycles. The highest BCUT2D eigenvalue weighted by molar-refractivity contribution is 6.34. The van der Waals surface area contributed by atoms with Crippen LogP contribution in [0.1, 0.15) is 24.2 Å². The molecule has 0 aliphatic carbocycles. The van der Waals surface area contributed by atoms with E-state index in [-0.39, 0.29) is 11.8 Å². The summed E-state index contributed by atoms with van der Waals surface area (Å²) in [6.07, 6.45) is 0. The Balaban J connectivity index is 2.15. The van der Waals surface area contributed by atoms with E-state index in [9.17, 15) is 9.59 Å². The maximum Gasteiger partial charge on any atom is 0.253 e. The lowest BCUT2D eigenvalue weighted by Crippen LogP contribution is -2.47. The molecule has 2 rings (SSSR count). The maximum absolute atomic E-state index is 12.5. The summed E-state index contributed by atoms with van der Waals surface area (Å²) in [6.45, 7) is 3.70. The van der Waals surface area contributed by atoms with Crippen LogP contribution in [0.15, 0.2) is 48.5 Å². The van der Waals surface area contributed by atoms with Crippen molar-refractivity contribution >= 4 is 40.7 Å². The minimum absolute atomic E-state index is 0.112. The van der Waals surface area contributed by atoms with Crippen LogP contribution in [-0.2, 0) is 4.79 Å². The number of carbonyl (C=O) groups is 2. The van der Waals surface area contributed by atoms with E-state index in [2.05, 4.69) is 10.6 Å². The quantitative estimate of drug-likeness (QED) is 0.826. The molecule has 0 radical (unpaired) electrons. The Morgan fingerprint density at radius 2 is 1.50 bits per heavy atom. The summed E-state index contributed by atoms with van der Waals surface area (Å²) < 4.78 is 0. The molecule has 0 saturated heterocycles. The maximum atomic E-state index is 12.5. The molecular formula is C18H18Cl2N2O2. The van der Waals surface area contributed by atoms with E-state index in [4.69, 9.17) is 23.2 Å². The van der Waals surface area contributed by atoms with Crippen molar-refractivity contribution < 1.29 is 9.59 Å². The lowest BCUT2D eigenvalue weighted by Gasteiger charge is -2.22. The van der Waals surface area contributed by atoms with Crippen LogP contribution in [0, 0.1) is 5.92 Å². The third kappa shape index (κ3) is 4.49. The first-order valence-electron chi connectivity index (χ1n) is 7.51. The predicted molar refractivity (Wildman–Crippen MR) is 97.6 cm³/mol. The van der Waals surface area contributed by atoms with Gasteiger partial charge in [0, 0.05) is 0 Å². The minimum atomic E-state index is -0.718. The number of rotatable bonds is 5. The Morgan fingerprint density at radius 1 is 0.917 bits per heavy atom. The fourth-order valence-electron chi connectivity index (χ4n) is 2.17. The Hall–Kier alpha value is -2.04. The minimum Gasteiger partial charge on any atom is -0.340 e. The largest absolute Gasteiger partial charge is 0.340 e. The summed E-state index contributed by atoms with van der Waals surface area (Å²) in [5.41, 5.74) is 0.831. The van der Waals surface area contributed by atoms with Crippen LogP contribution in [0.3, 0.4) is 0 Å². The van der Waals surface area contributed by atoms with Gasteiger partial charge in [-0.2, -0.15) is 0 Å². The normalized spacial score (nSPS) is 11.9. The summed E-state index contributed by atoms with van der Waals surface area (Å²) in [5.74, 6) is -0.842. The van der Waals surface area contributed by atoms with Gasteiger partial charge >= 0.3 is 0 Å². The van der Waals surface area contributed by atoms with Gasteiger partial charge in [-0.15, -0.1) is 0 Å². The molecule has 0 bridgehead atoms. The van der Waals surface area contributed by atoms with Gasteiger partial charge in [-0.25, -0.2) is 0 Å². The summed E-state index contributed by atoms with van der Waals surface area (Å²) in [7, 11) is 0. The zero-order valence-corrected chi connectivity index (χ0v) is 14.9. The fourth-order valence-corrected chi connectivity index (χ4v) is 2.58. The van der Waals surface area contributed by atoms with Gasteiger partial charge in [0.15, 0.2) is 0 Å². The van der Waals surface area contributed by atoms with Crippen LogP contribution in [0.25, 0.3) is 0 Å². The fraction of sp³-hybridized carbons (Fsp3) is 0.222. The second-order valence-corrected chi connectivity index (χ2v) is 6.46. The molecule has 6 heteroatoms. The van der Waals surface area contributed by atoms with Gasteiger partial charge in [0.2, 0.25) is 5.91 Å². The first-order valence-corrected chi connectivity index (χ1v) is 8.26. The van der Waals surface area contributed by atoms with E-state index in [0.29, 0.717) is 21.3 Å². The lowest BCUT2D eigenvalue weighted by atomic mass is 10.0. The number of hydrogen-bond acceptors (Lipinski definition) is 2. The molecule has 1 unspecified atom stereocenters. The number of anilines is 1. The van der Waals surface area contributed by atoms with Crippen LogP contribution in [-0.4, -0.2) is 17.9 Å². The smallest absolute Gasteiger partial charge is 0.253 e. The number of nitrogens with one attached hydrogen (secondary N) is 2. The summed E-state index contributed by atoms with van der Waals surface area (Å²) >= 11 is 12.1. The van der Waals surface area contributed by atoms with Crippen molar-refractivity contribution in [2.75, 3.05) is 5.32 Å². The van der Waals surface area contributed by atoms with Crippen molar-refractivity contribution in [2.45, 2.75) is 19.9 Å². The molecule has 24 heavy (non-hydrogen) atoms. The Kier molecular flexibility index (Phi) is 6.23. The van der Waals surface area contributed by atoms with Crippen molar-refractivity contribution in [1.29, 1.82) is 0 Å². The van der Waals surface area contributed by atoms with Crippen molar-refractivity contribution in [3.63, 3.8) is 0 Å². The molecule has 126 valence electrons. The van der Waals surface area contributed by atoms with Crippen LogP contribution < -0.4 is 10.6 Å². The van der Waals surface area contributed by atoms with Crippen LogP contribution in [0.2, 0.25) is 10.0 Å². The van der Waals surface area contributed by atoms with Crippen molar-refractivity contribution in [3.8, 4) is 0 Å². The Labute approximate surface area is 151 Å². The summed E-state index contributed by atoms with van der Waals surface area (Å²) in [4.78, 5) is 24.9. The molecule has 2 aromatic carbocycles. The monoisotopic (exact) mass is 364 g/mol. The molecule has 1 atom stereocenters. The average molecular weight is 365 g/mol. The number of hydrogen-bond donors (Lipinski definition) is 2. The molecule has 4 nitrogen and oxygen atoms in total. The van der Waals surface area contributed by atoms with E-state index in [1.807, 2.05) is 13.8 Å². The summed E-state index contributed by atoms with van der Waals surface area (Å²) in [5, 5.41) is 6.25. The van der Waals surface area contributed by atoms with Gasteiger partial charge in [-0.05, 0) is 30.2 Å². The highest BCUT2D eigenvalue weighted by Crippen LogP contribution is 2.21. The van der Waals surface area contributed by atoms with Gasteiger partial charge in [-0.3, -0.25) is 9.59 Å². The Morgan fingerprint density at radius 3 is 2.08 bits per heavy atom. The summed E-state index contributed by atoms with van der Waals surface area (Å²) in [6, 6.07) is 12.9. The van der Waals surface area contributed by atoms with Crippen molar-refractivity contribution in [2.24, 2.45) is 5.92 Å². The molecule has 0 spiro atoms. The second-order valence-electron chi connectivity index (χ2n) is 5.64. The average Bonchev–Trinajstić information content (AvgIpc) is 2.54. The highest BCUT2D eigenvalue weighted by Gasteiger charge is 2.25. The van der Waals surface area contributed by atoms with Crippen molar-refractivity contribution in [1.82, 2.24) is 5.32 Å². The van der Waals surface area contributed by atoms with E-state index in [1.165, 1.54) is 0 Å². The number of benzene rings is 2. The van der Waals surface area contributed by atoms with Crippen LogP contribution in [0.5, 0.6) is 0 Å². The SMILES string of the molecule is CC(C)C(NC(=O)c1ccccc1Cl)C(=O)Nc1ccccc1Cl. The first kappa shape index (κ1) is 18.3. The van der Waals surface area contributed by atoms with Crippen LogP contribution in [0.4, 0.5) is 5.69 Å². The predicted octanol–water partition coefficient (Wildman–Crippen LogP) is 4.39.